The van der Waals surface area contributed by atoms with Gasteiger partial charge in [0.25, 0.3) is 5.91 Å². The highest BCUT2D eigenvalue weighted by molar-refractivity contribution is 6.12. The molecule has 1 aliphatic carbocycles. The third-order valence-corrected chi connectivity index (χ3v) is 6.42. The maximum atomic E-state index is 13.5. The molecule has 1 saturated heterocycles. The molecule has 176 valence electrons. The normalized spacial score (nSPS) is 16.4. The molecule has 0 unspecified atom stereocenters. The number of aryl methyl sites for hydroxylation is 1. The Morgan fingerprint density at radius 3 is 2.65 bits per heavy atom. The number of aromatic nitrogens is 2. The van der Waals surface area contributed by atoms with Gasteiger partial charge in [0.1, 0.15) is 5.82 Å². The van der Waals surface area contributed by atoms with Crippen molar-refractivity contribution in [1.82, 2.24) is 20.0 Å². The van der Waals surface area contributed by atoms with Crippen molar-refractivity contribution in [1.29, 1.82) is 0 Å². The second-order valence-electron chi connectivity index (χ2n) is 8.98. The van der Waals surface area contributed by atoms with E-state index in [1.54, 1.807) is 16.8 Å². The Kier molecular flexibility index (Phi) is 6.17. The van der Waals surface area contributed by atoms with Crippen molar-refractivity contribution in [3.63, 3.8) is 0 Å². The number of ketones is 1. The van der Waals surface area contributed by atoms with Gasteiger partial charge in [-0.1, -0.05) is 30.3 Å². The molecule has 0 radical (unpaired) electrons. The molecule has 8 nitrogen and oxygen atoms in total. The Bertz CT molecular complexity index is 1220. The molecule has 1 aromatic heterocycles. The summed E-state index contributed by atoms with van der Waals surface area (Å²) in [6.07, 6.45) is 3.56. The van der Waals surface area contributed by atoms with Gasteiger partial charge in [-0.25, -0.2) is 4.68 Å². The minimum atomic E-state index is -0.159. The Hall–Kier alpha value is -3.49. The molecule has 0 bridgehead atoms. The van der Waals surface area contributed by atoms with E-state index >= 15 is 0 Å². The predicted molar refractivity (Wildman–Crippen MR) is 129 cm³/mol. The van der Waals surface area contributed by atoms with Crippen LogP contribution in [0.1, 0.15) is 50.2 Å². The van der Waals surface area contributed by atoms with Gasteiger partial charge < -0.3 is 15.8 Å². The van der Waals surface area contributed by atoms with Crippen molar-refractivity contribution in [3.05, 3.63) is 76.5 Å². The van der Waals surface area contributed by atoms with Crippen molar-refractivity contribution < 1.29 is 14.3 Å². The van der Waals surface area contributed by atoms with Crippen molar-refractivity contribution in [2.75, 3.05) is 32.0 Å². The average molecular weight is 460 g/mol. The molecule has 8 heteroatoms. The number of nitrogens with two attached hydrogens (primary N) is 1. The van der Waals surface area contributed by atoms with Gasteiger partial charge in [0, 0.05) is 36.8 Å². The van der Waals surface area contributed by atoms with E-state index in [2.05, 4.69) is 15.3 Å². The summed E-state index contributed by atoms with van der Waals surface area (Å²) in [7, 11) is 0. The highest BCUT2D eigenvalue weighted by Gasteiger charge is 2.25. The summed E-state index contributed by atoms with van der Waals surface area (Å²) in [5.41, 5.74) is 10.5. The van der Waals surface area contributed by atoms with Crippen LogP contribution in [0.15, 0.2) is 48.7 Å². The maximum Gasteiger partial charge on any atom is 0.251 e. The lowest BCUT2D eigenvalue weighted by Gasteiger charge is -2.27. The predicted octanol–water partition coefficient (Wildman–Crippen LogP) is 2.72. The van der Waals surface area contributed by atoms with E-state index in [0.29, 0.717) is 42.1 Å². The molecule has 3 aromatic rings. The maximum absolute atomic E-state index is 13.5. The highest BCUT2D eigenvalue weighted by atomic mass is 16.5. The van der Waals surface area contributed by atoms with Crippen LogP contribution in [0.3, 0.4) is 0 Å². The quantitative estimate of drug-likeness (QED) is 0.527. The monoisotopic (exact) mass is 459 g/mol. The number of nitrogen functional groups attached to an aromatic ring is 1. The van der Waals surface area contributed by atoms with E-state index in [-0.39, 0.29) is 23.6 Å². The largest absolute Gasteiger partial charge is 0.383 e. The minimum absolute atomic E-state index is 0.109. The number of nitrogens with zero attached hydrogens (tertiary/aromatic N) is 3. The number of anilines is 1. The van der Waals surface area contributed by atoms with Gasteiger partial charge in [-0.15, -0.1) is 0 Å². The molecular weight excluding hydrogens is 430 g/mol. The van der Waals surface area contributed by atoms with Crippen LogP contribution in [0, 0.1) is 6.92 Å². The van der Waals surface area contributed by atoms with Crippen LogP contribution < -0.4 is 11.1 Å². The molecular formula is C26H29N5O3. The molecule has 0 spiro atoms. The van der Waals surface area contributed by atoms with Gasteiger partial charge in [-0.3, -0.25) is 14.5 Å². The molecule has 2 aromatic carbocycles. The number of rotatable bonds is 7. The molecule has 3 N–H and O–H groups in total. The summed E-state index contributed by atoms with van der Waals surface area (Å²) in [5.74, 6) is -0.00950. The molecule has 2 heterocycles. The zero-order valence-electron chi connectivity index (χ0n) is 19.3. The SMILES string of the molecule is Cc1ccc(C(=O)NC2CC2)cc1-n1ncc(C(=O)c2ccccc2CN2CCOCC2)c1N. The summed E-state index contributed by atoms with van der Waals surface area (Å²) < 4.78 is 6.98. The first-order valence-corrected chi connectivity index (χ1v) is 11.7. The van der Waals surface area contributed by atoms with Crippen LogP contribution in [0.4, 0.5) is 5.82 Å². The van der Waals surface area contributed by atoms with Crippen LogP contribution in [-0.2, 0) is 11.3 Å². The number of benzene rings is 2. The summed E-state index contributed by atoms with van der Waals surface area (Å²) >= 11 is 0. The van der Waals surface area contributed by atoms with Gasteiger partial charge in [0.2, 0.25) is 0 Å². The lowest BCUT2D eigenvalue weighted by Crippen LogP contribution is -2.36. The summed E-state index contributed by atoms with van der Waals surface area (Å²) in [6.45, 7) is 5.69. The number of hydrogen-bond acceptors (Lipinski definition) is 6. The summed E-state index contributed by atoms with van der Waals surface area (Å²) in [5, 5.41) is 7.43. The van der Waals surface area contributed by atoms with E-state index in [0.717, 1.165) is 37.1 Å². The molecule has 2 fully saturated rings. The second-order valence-corrected chi connectivity index (χ2v) is 8.98. The van der Waals surface area contributed by atoms with Gasteiger partial charge in [0.05, 0.1) is 30.7 Å². The van der Waals surface area contributed by atoms with Gasteiger partial charge in [-0.2, -0.15) is 5.10 Å². The van der Waals surface area contributed by atoms with E-state index < -0.39 is 0 Å². The zero-order valence-corrected chi connectivity index (χ0v) is 19.3. The van der Waals surface area contributed by atoms with E-state index in [1.165, 1.54) is 6.20 Å². The van der Waals surface area contributed by atoms with Gasteiger partial charge >= 0.3 is 0 Å². The number of hydrogen-bond donors (Lipinski definition) is 2. The molecule has 0 atom stereocenters. The number of morpholine rings is 1. The number of amides is 1. The molecule has 5 rings (SSSR count). The van der Waals surface area contributed by atoms with Gasteiger partial charge in [0.15, 0.2) is 5.78 Å². The van der Waals surface area contributed by atoms with Crippen molar-refractivity contribution in [2.45, 2.75) is 32.4 Å². The van der Waals surface area contributed by atoms with Crippen LogP contribution in [-0.4, -0.2) is 58.7 Å². The van der Waals surface area contributed by atoms with Crippen LogP contribution >= 0.6 is 0 Å². The first kappa shape index (κ1) is 22.3. The van der Waals surface area contributed by atoms with E-state index in [4.69, 9.17) is 10.5 Å². The fourth-order valence-electron chi connectivity index (χ4n) is 4.23. The highest BCUT2D eigenvalue weighted by Crippen LogP contribution is 2.26. The van der Waals surface area contributed by atoms with Gasteiger partial charge in [-0.05, 0) is 43.0 Å². The Morgan fingerprint density at radius 2 is 1.88 bits per heavy atom. The number of carbonyl (C=O) groups excluding carboxylic acids is 2. The first-order valence-electron chi connectivity index (χ1n) is 11.7. The third kappa shape index (κ3) is 4.60. The second kappa shape index (κ2) is 9.40. The van der Waals surface area contributed by atoms with Crippen LogP contribution in [0.25, 0.3) is 5.69 Å². The average Bonchev–Trinajstić information content (AvgIpc) is 3.59. The molecule has 1 saturated carbocycles. The number of ether oxygens (including phenoxy) is 1. The lowest BCUT2D eigenvalue weighted by molar-refractivity contribution is 0.0341. The first-order chi connectivity index (χ1) is 16.5. The van der Waals surface area contributed by atoms with E-state index in [1.807, 2.05) is 37.3 Å². The third-order valence-electron chi connectivity index (χ3n) is 6.42. The molecule has 34 heavy (non-hydrogen) atoms. The van der Waals surface area contributed by atoms with Crippen LogP contribution in [0.2, 0.25) is 0 Å². The standard InChI is InChI=1S/C26H29N5O3/c1-17-6-7-18(26(33)29-20-8-9-20)14-23(17)31-25(27)22(15-28-31)24(32)21-5-3-2-4-19(21)16-30-10-12-34-13-11-30/h2-7,14-15,20H,8-13,16,27H2,1H3,(H,29,33). The fourth-order valence-corrected chi connectivity index (χ4v) is 4.23. The Morgan fingerprint density at radius 1 is 1.12 bits per heavy atom. The van der Waals surface area contributed by atoms with Crippen molar-refractivity contribution in [2.24, 2.45) is 0 Å². The summed E-state index contributed by atoms with van der Waals surface area (Å²) in [6, 6.07) is 13.3. The van der Waals surface area contributed by atoms with Crippen molar-refractivity contribution >= 4 is 17.5 Å². The smallest absolute Gasteiger partial charge is 0.251 e. The Balaban J connectivity index is 1.43. The fraction of sp³-hybridized carbons (Fsp3) is 0.346. The van der Waals surface area contributed by atoms with Crippen LogP contribution in [0.5, 0.6) is 0 Å². The summed E-state index contributed by atoms with van der Waals surface area (Å²) in [4.78, 5) is 28.3. The topological polar surface area (TPSA) is 102 Å². The Labute approximate surface area is 198 Å². The van der Waals surface area contributed by atoms with Crippen molar-refractivity contribution in [3.8, 4) is 5.69 Å². The number of carbonyl (C=O) groups is 2. The number of nitrogens with one attached hydrogen (secondary N) is 1. The molecule has 2 aliphatic rings. The zero-order chi connectivity index (χ0) is 23.7. The lowest BCUT2D eigenvalue weighted by atomic mass is 9.99. The molecule has 1 aliphatic heterocycles. The minimum Gasteiger partial charge on any atom is -0.383 e. The van der Waals surface area contributed by atoms with E-state index in [9.17, 15) is 9.59 Å². The molecule has 1 amide bonds.